The van der Waals surface area contributed by atoms with E-state index in [1.54, 1.807) is 12.1 Å². The number of hydrogen-bond donors (Lipinski definition) is 0. The molecule has 0 fully saturated rings. The molecule has 2 aromatic carbocycles. The molecule has 0 unspecified atom stereocenters. The fraction of sp³-hybridized carbons (Fsp3) is 0.286. The van der Waals surface area contributed by atoms with Crippen molar-refractivity contribution in [1.29, 1.82) is 0 Å². The molecule has 4 nitrogen and oxygen atoms in total. The van der Waals surface area contributed by atoms with Crippen LogP contribution in [0.3, 0.4) is 0 Å². The van der Waals surface area contributed by atoms with Gasteiger partial charge in [-0.1, -0.05) is 56.3 Å². The number of benzene rings is 2. The van der Waals surface area contributed by atoms with Crippen LogP contribution in [-0.4, -0.2) is 20.0 Å². The Morgan fingerprint density at radius 2 is 1.77 bits per heavy atom. The zero-order valence-electron chi connectivity index (χ0n) is 15.3. The molecule has 1 aromatic heterocycles. The van der Waals surface area contributed by atoms with Crippen molar-refractivity contribution in [3.05, 3.63) is 65.7 Å². The summed E-state index contributed by atoms with van der Waals surface area (Å²) in [6, 6.07) is 16.5. The zero-order valence-corrected chi connectivity index (χ0v) is 16.1. The first-order valence-electron chi connectivity index (χ1n) is 8.75. The lowest BCUT2D eigenvalue weighted by molar-refractivity contribution is 0.327. The maximum atomic E-state index is 13.1. The highest BCUT2D eigenvalue weighted by atomic mass is 32.2. The molecule has 5 heteroatoms. The molecule has 0 spiro atoms. The summed E-state index contributed by atoms with van der Waals surface area (Å²) in [5.74, 6) is 0.641. The third-order valence-corrected chi connectivity index (χ3v) is 5.97. The maximum absolute atomic E-state index is 13.1. The average Bonchev–Trinajstić information content (AvgIpc) is 2.61. The Labute approximate surface area is 154 Å². The van der Waals surface area contributed by atoms with Crippen LogP contribution < -0.4 is 4.74 Å². The fourth-order valence-corrected chi connectivity index (χ4v) is 4.57. The number of rotatable bonds is 6. The van der Waals surface area contributed by atoms with E-state index < -0.39 is 9.84 Å². The summed E-state index contributed by atoms with van der Waals surface area (Å²) in [5, 5.41) is 0.859. The maximum Gasteiger partial charge on any atom is 0.214 e. The van der Waals surface area contributed by atoms with E-state index in [0.717, 1.165) is 16.5 Å². The fourth-order valence-electron chi connectivity index (χ4n) is 3.05. The second-order valence-corrected chi connectivity index (χ2v) is 8.49. The van der Waals surface area contributed by atoms with Gasteiger partial charge in [0.05, 0.1) is 22.8 Å². The van der Waals surface area contributed by atoms with Crippen molar-refractivity contribution in [1.82, 2.24) is 4.98 Å². The molecular formula is C21H23NO3S. The lowest BCUT2D eigenvalue weighted by Gasteiger charge is -2.15. The van der Waals surface area contributed by atoms with Crippen molar-refractivity contribution in [3.8, 4) is 5.88 Å². The normalized spacial score (nSPS) is 11.8. The number of pyridine rings is 1. The van der Waals surface area contributed by atoms with Crippen molar-refractivity contribution in [3.63, 3.8) is 0 Å². The van der Waals surface area contributed by atoms with Gasteiger partial charge in [0.25, 0.3) is 0 Å². The highest BCUT2D eigenvalue weighted by Crippen LogP contribution is 2.32. The van der Waals surface area contributed by atoms with Crippen LogP contribution in [0.4, 0.5) is 0 Å². The molecule has 1 heterocycles. The van der Waals surface area contributed by atoms with Crippen molar-refractivity contribution >= 4 is 20.7 Å². The third kappa shape index (κ3) is 3.73. The topological polar surface area (TPSA) is 56.3 Å². The summed E-state index contributed by atoms with van der Waals surface area (Å²) in [6.07, 6.45) is 0. The van der Waals surface area contributed by atoms with E-state index in [1.807, 2.05) is 49.4 Å². The summed E-state index contributed by atoms with van der Waals surface area (Å²) >= 11 is 0. The van der Waals surface area contributed by atoms with Gasteiger partial charge in [0.1, 0.15) is 0 Å². The van der Waals surface area contributed by atoms with Crippen molar-refractivity contribution in [2.24, 2.45) is 0 Å². The molecule has 0 aliphatic rings. The van der Waals surface area contributed by atoms with Gasteiger partial charge >= 0.3 is 0 Å². The van der Waals surface area contributed by atoms with Gasteiger partial charge in [-0.25, -0.2) is 13.4 Å². The lowest BCUT2D eigenvalue weighted by atomic mass is 9.99. The van der Waals surface area contributed by atoms with Gasteiger partial charge in [0, 0.05) is 11.5 Å². The minimum absolute atomic E-state index is 0.0511. The molecule has 26 heavy (non-hydrogen) atoms. The van der Waals surface area contributed by atoms with Gasteiger partial charge in [-0.2, -0.15) is 0 Å². The summed E-state index contributed by atoms with van der Waals surface area (Å²) in [6.45, 7) is 6.53. The molecule has 0 saturated carbocycles. The number of nitrogens with zero attached hydrogens (tertiary/aromatic N) is 1. The highest BCUT2D eigenvalue weighted by Gasteiger charge is 2.21. The van der Waals surface area contributed by atoms with Crippen LogP contribution in [0.2, 0.25) is 0 Å². The average molecular weight is 369 g/mol. The van der Waals surface area contributed by atoms with Gasteiger partial charge in [-0.15, -0.1) is 0 Å². The number of ether oxygens (including phenoxy) is 1. The minimum Gasteiger partial charge on any atom is -0.478 e. The van der Waals surface area contributed by atoms with Gasteiger partial charge in [-0.3, -0.25) is 0 Å². The zero-order chi connectivity index (χ0) is 18.7. The lowest BCUT2D eigenvalue weighted by Crippen LogP contribution is -2.08. The van der Waals surface area contributed by atoms with Crippen LogP contribution >= 0.6 is 0 Å². The summed E-state index contributed by atoms with van der Waals surface area (Å²) in [5.41, 5.74) is 2.28. The quantitative estimate of drug-likeness (QED) is 0.630. The van der Waals surface area contributed by atoms with Crippen LogP contribution in [0.25, 0.3) is 10.9 Å². The second kappa shape index (κ2) is 7.46. The SMILES string of the molecule is CCOc1cc(C(C)C)c2cccc(S(=O)(=O)Cc3ccccc3)c2n1. The Kier molecular flexibility index (Phi) is 5.28. The number of para-hydroxylation sites is 1. The molecule has 0 bridgehead atoms. The van der Waals surface area contributed by atoms with Crippen LogP contribution in [0, 0.1) is 0 Å². The number of sulfone groups is 1. The smallest absolute Gasteiger partial charge is 0.214 e. The van der Waals surface area contributed by atoms with Gasteiger partial charge in [0.2, 0.25) is 5.88 Å². The standard InChI is InChI=1S/C21H23NO3S/c1-4-25-20-13-18(15(2)3)17-11-8-12-19(21(17)22-20)26(23,24)14-16-9-6-5-7-10-16/h5-13,15H,4,14H2,1-3H3. The molecular weight excluding hydrogens is 346 g/mol. The summed E-state index contributed by atoms with van der Waals surface area (Å²) in [4.78, 5) is 4.77. The van der Waals surface area contributed by atoms with Crippen LogP contribution in [-0.2, 0) is 15.6 Å². The minimum atomic E-state index is -3.53. The number of aromatic nitrogens is 1. The van der Waals surface area contributed by atoms with Crippen LogP contribution in [0.15, 0.2) is 59.5 Å². The molecule has 0 saturated heterocycles. The molecule has 0 atom stereocenters. The molecule has 0 N–H and O–H groups in total. The van der Waals surface area contributed by atoms with Gasteiger partial charge in [0.15, 0.2) is 9.84 Å². The molecule has 0 aliphatic carbocycles. The van der Waals surface area contributed by atoms with E-state index in [1.165, 1.54) is 0 Å². The largest absolute Gasteiger partial charge is 0.478 e. The van der Waals surface area contributed by atoms with Crippen molar-refractivity contribution in [2.75, 3.05) is 6.61 Å². The van der Waals surface area contributed by atoms with E-state index in [2.05, 4.69) is 18.8 Å². The molecule has 136 valence electrons. The highest BCUT2D eigenvalue weighted by molar-refractivity contribution is 7.90. The monoisotopic (exact) mass is 369 g/mol. The van der Waals surface area contributed by atoms with Crippen molar-refractivity contribution < 1.29 is 13.2 Å². The Morgan fingerprint density at radius 3 is 2.42 bits per heavy atom. The Balaban J connectivity index is 2.19. The summed E-state index contributed by atoms with van der Waals surface area (Å²) < 4.78 is 31.8. The molecule has 0 amide bonds. The number of fused-ring (bicyclic) bond motifs is 1. The Hall–Kier alpha value is -2.40. The van der Waals surface area contributed by atoms with E-state index in [9.17, 15) is 8.42 Å². The third-order valence-electron chi connectivity index (χ3n) is 4.26. The summed E-state index contributed by atoms with van der Waals surface area (Å²) in [7, 11) is -3.53. The molecule has 3 rings (SSSR count). The van der Waals surface area contributed by atoms with Crippen LogP contribution in [0.5, 0.6) is 5.88 Å². The molecule has 0 aliphatic heterocycles. The van der Waals surface area contributed by atoms with E-state index >= 15 is 0 Å². The first-order valence-corrected chi connectivity index (χ1v) is 10.4. The van der Waals surface area contributed by atoms with E-state index in [-0.39, 0.29) is 16.6 Å². The molecule has 3 aromatic rings. The van der Waals surface area contributed by atoms with E-state index in [0.29, 0.717) is 18.0 Å². The van der Waals surface area contributed by atoms with Gasteiger partial charge in [-0.05, 0) is 30.0 Å². The number of hydrogen-bond acceptors (Lipinski definition) is 4. The molecule has 0 radical (unpaired) electrons. The van der Waals surface area contributed by atoms with Crippen molar-refractivity contribution in [2.45, 2.75) is 37.3 Å². The first-order chi connectivity index (χ1) is 12.4. The second-order valence-electron chi connectivity index (χ2n) is 6.53. The van der Waals surface area contributed by atoms with Gasteiger partial charge < -0.3 is 4.74 Å². The Morgan fingerprint density at radius 1 is 1.04 bits per heavy atom. The first kappa shape index (κ1) is 18.4. The predicted molar refractivity (Wildman–Crippen MR) is 104 cm³/mol. The predicted octanol–water partition coefficient (Wildman–Crippen LogP) is 4.73. The van der Waals surface area contributed by atoms with Crippen LogP contribution in [0.1, 0.15) is 37.8 Å². The van der Waals surface area contributed by atoms with E-state index in [4.69, 9.17) is 4.74 Å². The Bertz CT molecular complexity index is 1010.